The molecule has 10 heteroatoms. The maximum atomic E-state index is 13.7. The minimum atomic E-state index is -3.59. The van der Waals surface area contributed by atoms with Gasteiger partial charge in [0.1, 0.15) is 5.75 Å². The number of thiazole rings is 1. The Morgan fingerprint density at radius 1 is 1.19 bits per heavy atom. The minimum absolute atomic E-state index is 0.0595. The fourth-order valence-electron chi connectivity index (χ4n) is 4.94. The number of anilines is 1. The third-order valence-electron chi connectivity index (χ3n) is 6.90. The number of fused-ring (bicyclic) bond motifs is 1. The van der Waals surface area contributed by atoms with Crippen LogP contribution in [-0.2, 0) is 14.8 Å². The van der Waals surface area contributed by atoms with E-state index in [-0.39, 0.29) is 16.9 Å². The first-order valence-corrected chi connectivity index (χ1v) is 15.2. The van der Waals surface area contributed by atoms with Gasteiger partial charge in [0.25, 0.3) is 5.91 Å². The van der Waals surface area contributed by atoms with Gasteiger partial charge < -0.3 is 9.47 Å². The lowest BCUT2D eigenvalue weighted by atomic mass is 10.0. The van der Waals surface area contributed by atoms with Gasteiger partial charge in [0.15, 0.2) is 5.13 Å². The monoisotopic (exact) mass is 543 g/mol. The molecule has 8 nitrogen and oxygen atoms in total. The summed E-state index contributed by atoms with van der Waals surface area (Å²) >= 11 is 1.43. The average molecular weight is 544 g/mol. The van der Waals surface area contributed by atoms with E-state index in [2.05, 4.69) is 6.92 Å². The van der Waals surface area contributed by atoms with Crippen LogP contribution in [0.1, 0.15) is 49.9 Å². The van der Waals surface area contributed by atoms with Gasteiger partial charge in [0.05, 0.1) is 34.4 Å². The van der Waals surface area contributed by atoms with Crippen LogP contribution in [0, 0.1) is 5.92 Å². The summed E-state index contributed by atoms with van der Waals surface area (Å²) < 4.78 is 40.3. The number of sulfonamides is 1. The number of benzene rings is 2. The van der Waals surface area contributed by atoms with Gasteiger partial charge in [-0.25, -0.2) is 13.4 Å². The number of ether oxygens (including phenoxy) is 2. The average Bonchev–Trinajstić information content (AvgIpc) is 3.57. The molecule has 0 N–H and O–H groups in total. The van der Waals surface area contributed by atoms with Crippen LogP contribution in [0.25, 0.3) is 10.2 Å². The Bertz CT molecular complexity index is 1350. The Balaban J connectivity index is 1.42. The second-order valence-corrected chi connectivity index (χ2v) is 12.7. The van der Waals surface area contributed by atoms with Crippen molar-refractivity contribution in [2.24, 2.45) is 5.92 Å². The Kier molecular flexibility index (Phi) is 7.80. The van der Waals surface area contributed by atoms with Crippen molar-refractivity contribution in [1.29, 1.82) is 0 Å². The number of hydrogen-bond acceptors (Lipinski definition) is 7. The zero-order valence-electron chi connectivity index (χ0n) is 21.3. The summed E-state index contributed by atoms with van der Waals surface area (Å²) in [6, 6.07) is 12.0. The number of carbonyl (C=O) groups excluding carboxylic acids is 1. The lowest BCUT2D eigenvalue weighted by molar-refractivity contribution is 0.0917. The van der Waals surface area contributed by atoms with Gasteiger partial charge in [-0.15, -0.1) is 0 Å². The quantitative estimate of drug-likeness (QED) is 0.400. The molecule has 0 radical (unpaired) electrons. The number of piperidine rings is 1. The molecular formula is C27H33N3O5S2. The van der Waals surface area contributed by atoms with Gasteiger partial charge >= 0.3 is 0 Å². The fraction of sp³-hybridized carbons (Fsp3) is 0.481. The van der Waals surface area contributed by atoms with E-state index in [0.29, 0.717) is 49.5 Å². The predicted octanol–water partition coefficient (Wildman–Crippen LogP) is 4.94. The van der Waals surface area contributed by atoms with Crippen LogP contribution in [0.3, 0.4) is 0 Å². The Morgan fingerprint density at radius 3 is 2.70 bits per heavy atom. The van der Waals surface area contributed by atoms with Gasteiger partial charge in [0, 0.05) is 25.3 Å². The standard InChI is InChI=1S/C27H33N3O5S2/c1-3-34-21-10-13-24-25(16-21)36-27(28-24)30(18-22-7-5-15-35-22)26(31)20-8-11-23(12-9-20)37(32,33)29-14-4-6-19(2)17-29/h8-13,16,19,22H,3-7,14-15,17-18H2,1-2H3. The van der Waals surface area contributed by atoms with Crippen LogP contribution < -0.4 is 9.64 Å². The molecule has 0 aliphatic carbocycles. The maximum absolute atomic E-state index is 13.7. The first-order chi connectivity index (χ1) is 17.8. The van der Waals surface area contributed by atoms with Crippen LogP contribution in [0.2, 0.25) is 0 Å². The summed E-state index contributed by atoms with van der Waals surface area (Å²) in [5.74, 6) is 0.881. The molecule has 1 aromatic heterocycles. The maximum Gasteiger partial charge on any atom is 0.260 e. The summed E-state index contributed by atoms with van der Waals surface area (Å²) in [6.07, 6.45) is 3.69. The molecule has 5 rings (SSSR count). The predicted molar refractivity (Wildman–Crippen MR) is 145 cm³/mol. The van der Waals surface area contributed by atoms with Gasteiger partial charge in [-0.05, 0) is 81.0 Å². The van der Waals surface area contributed by atoms with Crippen LogP contribution in [0.5, 0.6) is 5.75 Å². The van der Waals surface area contributed by atoms with Gasteiger partial charge in [-0.3, -0.25) is 9.69 Å². The van der Waals surface area contributed by atoms with E-state index in [1.807, 2.05) is 25.1 Å². The van der Waals surface area contributed by atoms with Crippen LogP contribution in [0.4, 0.5) is 5.13 Å². The highest BCUT2D eigenvalue weighted by molar-refractivity contribution is 7.89. The molecule has 2 aliphatic heterocycles. The minimum Gasteiger partial charge on any atom is -0.494 e. The van der Waals surface area contributed by atoms with Crippen molar-refractivity contribution in [2.75, 3.05) is 37.7 Å². The highest BCUT2D eigenvalue weighted by Crippen LogP contribution is 2.33. The molecule has 0 bridgehead atoms. The lowest BCUT2D eigenvalue weighted by Crippen LogP contribution is -2.39. The van der Waals surface area contributed by atoms with E-state index < -0.39 is 10.0 Å². The van der Waals surface area contributed by atoms with Crippen molar-refractivity contribution >= 4 is 42.6 Å². The van der Waals surface area contributed by atoms with Crippen LogP contribution in [0.15, 0.2) is 47.4 Å². The zero-order chi connectivity index (χ0) is 26.0. The molecule has 2 atom stereocenters. The third kappa shape index (κ3) is 5.67. The molecule has 2 unspecified atom stereocenters. The summed E-state index contributed by atoms with van der Waals surface area (Å²) in [6.45, 7) is 6.73. The molecule has 3 aromatic rings. The normalized spacial score (nSPS) is 20.8. The van der Waals surface area contributed by atoms with E-state index in [0.717, 1.165) is 41.6 Å². The molecule has 3 heterocycles. The number of rotatable bonds is 8. The first-order valence-electron chi connectivity index (χ1n) is 12.9. The van der Waals surface area contributed by atoms with Crippen molar-refractivity contribution in [2.45, 2.75) is 50.5 Å². The van der Waals surface area contributed by atoms with Gasteiger partial charge in [0.2, 0.25) is 10.0 Å². The fourth-order valence-corrected chi connectivity index (χ4v) is 7.54. The van der Waals surface area contributed by atoms with E-state index in [9.17, 15) is 13.2 Å². The Labute approximate surface area is 222 Å². The second-order valence-electron chi connectivity index (χ2n) is 9.74. The highest BCUT2D eigenvalue weighted by atomic mass is 32.2. The van der Waals surface area contributed by atoms with Gasteiger partial charge in [-0.2, -0.15) is 4.31 Å². The molecule has 2 aromatic carbocycles. The number of amides is 1. The van der Waals surface area contributed by atoms with Crippen molar-refractivity contribution in [1.82, 2.24) is 9.29 Å². The van der Waals surface area contributed by atoms with Crippen molar-refractivity contribution in [3.8, 4) is 5.75 Å². The van der Waals surface area contributed by atoms with Gasteiger partial charge in [-0.1, -0.05) is 18.3 Å². The summed E-state index contributed by atoms with van der Waals surface area (Å²) in [5.41, 5.74) is 1.21. The molecular weight excluding hydrogens is 510 g/mol. The van der Waals surface area contributed by atoms with E-state index in [1.165, 1.54) is 11.3 Å². The van der Waals surface area contributed by atoms with Crippen LogP contribution in [-0.4, -0.2) is 62.6 Å². The largest absolute Gasteiger partial charge is 0.494 e. The molecule has 198 valence electrons. The molecule has 2 saturated heterocycles. The molecule has 2 fully saturated rings. The molecule has 1 amide bonds. The molecule has 2 aliphatic rings. The third-order valence-corrected chi connectivity index (χ3v) is 9.83. The van der Waals surface area contributed by atoms with Crippen LogP contribution >= 0.6 is 11.3 Å². The number of hydrogen-bond donors (Lipinski definition) is 0. The number of aromatic nitrogens is 1. The van der Waals surface area contributed by atoms with Crippen molar-refractivity contribution < 1.29 is 22.7 Å². The zero-order valence-corrected chi connectivity index (χ0v) is 22.9. The smallest absolute Gasteiger partial charge is 0.260 e. The Morgan fingerprint density at radius 2 is 2.00 bits per heavy atom. The van der Waals surface area contributed by atoms with E-state index in [1.54, 1.807) is 33.5 Å². The SMILES string of the molecule is CCOc1ccc2nc(N(CC3CCCO3)C(=O)c3ccc(S(=O)(=O)N4CCCC(C)C4)cc3)sc2c1. The van der Waals surface area contributed by atoms with Crippen molar-refractivity contribution in [3.05, 3.63) is 48.0 Å². The number of carbonyl (C=O) groups is 1. The second kappa shape index (κ2) is 11.1. The summed E-state index contributed by atoms with van der Waals surface area (Å²) in [7, 11) is -3.59. The topological polar surface area (TPSA) is 89.0 Å². The lowest BCUT2D eigenvalue weighted by Gasteiger charge is -2.30. The summed E-state index contributed by atoms with van der Waals surface area (Å²) in [4.78, 5) is 20.4. The molecule has 37 heavy (non-hydrogen) atoms. The molecule has 0 saturated carbocycles. The Hall–Kier alpha value is -2.53. The first kappa shape index (κ1) is 26.1. The highest BCUT2D eigenvalue weighted by Gasteiger charge is 2.30. The molecule has 0 spiro atoms. The van der Waals surface area contributed by atoms with E-state index in [4.69, 9.17) is 14.5 Å². The van der Waals surface area contributed by atoms with Crippen molar-refractivity contribution in [3.63, 3.8) is 0 Å². The van der Waals surface area contributed by atoms with E-state index >= 15 is 0 Å². The summed E-state index contributed by atoms with van der Waals surface area (Å²) in [5, 5.41) is 0.586. The number of nitrogens with zero attached hydrogens (tertiary/aromatic N) is 3.